The molecule has 0 aliphatic carbocycles. The van der Waals surface area contributed by atoms with Crippen molar-refractivity contribution in [3.05, 3.63) is 33.8 Å². The van der Waals surface area contributed by atoms with E-state index in [0.29, 0.717) is 12.6 Å². The lowest BCUT2D eigenvalue weighted by molar-refractivity contribution is -0.192. The Morgan fingerprint density at radius 1 is 1.43 bits per heavy atom. The number of aromatic nitrogens is 3. The minimum absolute atomic E-state index is 0.318. The number of ether oxygens (including phenoxy) is 1. The van der Waals surface area contributed by atoms with Crippen LogP contribution in [-0.2, 0) is 29.2 Å². The highest BCUT2D eigenvalue weighted by Gasteiger charge is 2.38. The van der Waals surface area contributed by atoms with Crippen molar-refractivity contribution in [3.63, 3.8) is 0 Å². The van der Waals surface area contributed by atoms with E-state index >= 15 is 0 Å². The molecule has 0 radical (unpaired) electrons. The number of carboxylic acids is 1. The third-order valence-corrected chi connectivity index (χ3v) is 5.15. The first-order valence-electron chi connectivity index (χ1n) is 8.70. The molecule has 3 rings (SSSR count). The molecule has 0 amide bonds. The maximum Gasteiger partial charge on any atom is 0.490 e. The standard InChI is InChI=1S/C15H22N4OS.C2HF3O2/c1-4-20-9-13-7-16-15-12(3)18(5-6-19(13)15)8-14-17-11(2)10-21-14;3-2(4,5)1(6)7/h7,10,12H,4-6,8-9H2,1-3H3;(H,6,7). The summed E-state index contributed by atoms with van der Waals surface area (Å²) < 4.78 is 39.6. The van der Waals surface area contributed by atoms with Gasteiger partial charge in [-0.1, -0.05) is 0 Å². The van der Waals surface area contributed by atoms with Gasteiger partial charge >= 0.3 is 12.1 Å². The highest BCUT2D eigenvalue weighted by Crippen LogP contribution is 2.27. The summed E-state index contributed by atoms with van der Waals surface area (Å²) in [5.74, 6) is -1.61. The van der Waals surface area contributed by atoms with E-state index in [-0.39, 0.29) is 0 Å². The van der Waals surface area contributed by atoms with Crippen molar-refractivity contribution in [2.75, 3.05) is 13.2 Å². The van der Waals surface area contributed by atoms with Crippen molar-refractivity contribution in [2.45, 2.75) is 52.7 Å². The Morgan fingerprint density at radius 3 is 2.64 bits per heavy atom. The monoisotopic (exact) mass is 420 g/mol. The Hall–Kier alpha value is -1.98. The summed E-state index contributed by atoms with van der Waals surface area (Å²) in [5.41, 5.74) is 2.30. The van der Waals surface area contributed by atoms with E-state index < -0.39 is 12.1 Å². The van der Waals surface area contributed by atoms with Gasteiger partial charge in [0.1, 0.15) is 10.8 Å². The van der Waals surface area contributed by atoms with Gasteiger partial charge in [-0.05, 0) is 20.8 Å². The van der Waals surface area contributed by atoms with Crippen LogP contribution >= 0.6 is 11.3 Å². The number of fused-ring (bicyclic) bond motifs is 1. The second kappa shape index (κ2) is 9.48. The molecule has 1 N–H and O–H groups in total. The predicted octanol–water partition coefficient (Wildman–Crippen LogP) is 3.39. The molecule has 2 aromatic heterocycles. The minimum atomic E-state index is -5.08. The van der Waals surface area contributed by atoms with Crippen LogP contribution in [0, 0.1) is 6.92 Å². The first-order chi connectivity index (χ1) is 13.1. The maximum absolute atomic E-state index is 10.6. The number of aryl methyl sites for hydroxylation is 1. The Bertz CT molecular complexity index is 791. The molecule has 0 spiro atoms. The highest BCUT2D eigenvalue weighted by atomic mass is 32.1. The summed E-state index contributed by atoms with van der Waals surface area (Å²) in [5, 5.41) is 10.4. The molecule has 0 aromatic carbocycles. The Balaban J connectivity index is 0.000000345. The molecule has 0 saturated heterocycles. The van der Waals surface area contributed by atoms with Crippen LogP contribution in [-0.4, -0.2) is 49.8 Å². The number of carboxylic acid groups (broad SMARTS) is 1. The van der Waals surface area contributed by atoms with Gasteiger partial charge in [0.2, 0.25) is 0 Å². The van der Waals surface area contributed by atoms with E-state index in [1.54, 1.807) is 11.3 Å². The van der Waals surface area contributed by atoms with Crippen molar-refractivity contribution in [1.29, 1.82) is 0 Å². The Morgan fingerprint density at radius 2 is 2.11 bits per heavy atom. The normalized spacial score (nSPS) is 17.0. The van der Waals surface area contributed by atoms with Crippen molar-refractivity contribution >= 4 is 17.3 Å². The summed E-state index contributed by atoms with van der Waals surface area (Å²) >= 11 is 1.74. The lowest BCUT2D eigenvalue weighted by atomic mass is 10.2. The molecule has 1 aliphatic rings. The molecule has 3 heterocycles. The SMILES string of the molecule is CCOCc1cnc2n1CCN(Cc1nc(C)cs1)C2C.O=C(O)C(F)(F)F. The van der Waals surface area contributed by atoms with E-state index in [9.17, 15) is 13.2 Å². The van der Waals surface area contributed by atoms with E-state index in [1.807, 2.05) is 20.0 Å². The van der Waals surface area contributed by atoms with E-state index in [0.717, 1.165) is 37.8 Å². The summed E-state index contributed by atoms with van der Waals surface area (Å²) in [6.07, 6.45) is -3.13. The smallest absolute Gasteiger partial charge is 0.475 e. The predicted molar refractivity (Wildman–Crippen MR) is 96.9 cm³/mol. The van der Waals surface area contributed by atoms with Crippen LogP contribution in [0.3, 0.4) is 0 Å². The highest BCUT2D eigenvalue weighted by molar-refractivity contribution is 7.09. The largest absolute Gasteiger partial charge is 0.490 e. The van der Waals surface area contributed by atoms with Crippen LogP contribution in [0.2, 0.25) is 0 Å². The zero-order valence-electron chi connectivity index (χ0n) is 15.9. The quantitative estimate of drug-likeness (QED) is 0.799. The molecule has 1 atom stereocenters. The fourth-order valence-electron chi connectivity index (χ4n) is 2.79. The van der Waals surface area contributed by atoms with E-state index in [1.165, 1.54) is 10.7 Å². The van der Waals surface area contributed by atoms with E-state index in [2.05, 4.69) is 31.7 Å². The summed E-state index contributed by atoms with van der Waals surface area (Å²) in [7, 11) is 0. The molecule has 1 aliphatic heterocycles. The molecule has 11 heteroatoms. The van der Waals surface area contributed by atoms with Crippen molar-refractivity contribution in [3.8, 4) is 0 Å². The minimum Gasteiger partial charge on any atom is -0.475 e. The van der Waals surface area contributed by atoms with Gasteiger partial charge < -0.3 is 14.4 Å². The van der Waals surface area contributed by atoms with Crippen LogP contribution in [0.5, 0.6) is 0 Å². The van der Waals surface area contributed by atoms with Gasteiger partial charge in [-0.25, -0.2) is 14.8 Å². The van der Waals surface area contributed by atoms with Crippen molar-refractivity contribution in [1.82, 2.24) is 19.4 Å². The zero-order valence-corrected chi connectivity index (χ0v) is 16.7. The number of aliphatic carboxylic acids is 1. The first kappa shape index (κ1) is 22.3. The number of hydrogen-bond donors (Lipinski definition) is 1. The second-order valence-corrected chi connectivity index (χ2v) is 7.17. The molecular weight excluding hydrogens is 397 g/mol. The van der Waals surface area contributed by atoms with Crippen LogP contribution < -0.4 is 0 Å². The zero-order chi connectivity index (χ0) is 20.9. The molecule has 0 saturated carbocycles. The third-order valence-electron chi connectivity index (χ3n) is 4.20. The molecule has 7 nitrogen and oxygen atoms in total. The van der Waals surface area contributed by atoms with Crippen molar-refractivity contribution < 1.29 is 27.8 Å². The Labute approximate surface area is 164 Å². The average molecular weight is 420 g/mol. The van der Waals surface area contributed by atoms with Gasteiger partial charge in [0.05, 0.1) is 31.1 Å². The van der Waals surface area contributed by atoms with Crippen LogP contribution in [0.4, 0.5) is 13.2 Å². The number of imidazole rings is 1. The summed E-state index contributed by atoms with van der Waals surface area (Å²) in [6.45, 7) is 10.6. The first-order valence-corrected chi connectivity index (χ1v) is 9.58. The van der Waals surface area contributed by atoms with Crippen LogP contribution in [0.15, 0.2) is 11.6 Å². The fourth-order valence-corrected chi connectivity index (χ4v) is 3.59. The number of hydrogen-bond acceptors (Lipinski definition) is 6. The number of nitrogens with zero attached hydrogens (tertiary/aromatic N) is 4. The molecule has 0 fully saturated rings. The molecule has 28 heavy (non-hydrogen) atoms. The van der Waals surface area contributed by atoms with Crippen LogP contribution in [0.1, 0.15) is 42.1 Å². The summed E-state index contributed by atoms with van der Waals surface area (Å²) in [6, 6.07) is 0.318. The van der Waals surface area contributed by atoms with Gasteiger partial charge in [0.25, 0.3) is 0 Å². The molecule has 2 aromatic rings. The second-order valence-electron chi connectivity index (χ2n) is 6.23. The van der Waals surface area contributed by atoms with E-state index in [4.69, 9.17) is 14.6 Å². The topological polar surface area (TPSA) is 80.5 Å². The lowest BCUT2D eigenvalue weighted by Gasteiger charge is -2.33. The van der Waals surface area contributed by atoms with Gasteiger partial charge in [-0.3, -0.25) is 4.90 Å². The van der Waals surface area contributed by atoms with Crippen LogP contribution in [0.25, 0.3) is 0 Å². The number of carbonyl (C=O) groups is 1. The lowest BCUT2D eigenvalue weighted by Crippen LogP contribution is -2.37. The number of halogens is 3. The van der Waals surface area contributed by atoms with Gasteiger partial charge in [0, 0.05) is 30.8 Å². The van der Waals surface area contributed by atoms with Gasteiger partial charge in [-0.2, -0.15) is 13.2 Å². The Kier molecular flexibility index (Phi) is 7.55. The number of rotatable bonds is 5. The summed E-state index contributed by atoms with van der Waals surface area (Å²) in [4.78, 5) is 20.5. The molecule has 156 valence electrons. The molecule has 0 bridgehead atoms. The molecule has 1 unspecified atom stereocenters. The fraction of sp³-hybridized carbons (Fsp3) is 0.588. The molecular formula is C17H23F3N4O3S. The third kappa shape index (κ3) is 5.76. The van der Waals surface area contributed by atoms with Gasteiger partial charge in [-0.15, -0.1) is 11.3 Å². The van der Waals surface area contributed by atoms with Gasteiger partial charge in [0.15, 0.2) is 0 Å². The number of thiazole rings is 1. The average Bonchev–Trinajstić information content (AvgIpc) is 3.21. The van der Waals surface area contributed by atoms with Crippen molar-refractivity contribution in [2.24, 2.45) is 0 Å². The number of alkyl halides is 3. The maximum atomic E-state index is 10.6.